The van der Waals surface area contributed by atoms with Gasteiger partial charge in [-0.15, -0.1) is 0 Å². The molecule has 0 aliphatic carbocycles. The number of anilines is 2. The van der Waals surface area contributed by atoms with E-state index in [9.17, 15) is 0 Å². The second kappa shape index (κ2) is 5.06. The van der Waals surface area contributed by atoms with Gasteiger partial charge in [0.2, 0.25) is 0 Å². The molecule has 1 aromatic rings. The van der Waals surface area contributed by atoms with Gasteiger partial charge >= 0.3 is 0 Å². The Hall–Kier alpha value is -0.420. The lowest BCUT2D eigenvalue weighted by atomic mass is 10.1. The quantitative estimate of drug-likeness (QED) is 0.897. The first-order valence-electron chi connectivity index (χ1n) is 5.80. The predicted octanol–water partition coefficient (Wildman–Crippen LogP) is 3.43. The molecule has 5 heteroatoms. The molecule has 94 valence electrons. The molecule has 3 N–H and O–H groups in total. The van der Waals surface area contributed by atoms with Gasteiger partial charge in [0.15, 0.2) is 0 Å². The minimum Gasteiger partial charge on any atom is -0.397 e. The number of nitrogens with zero attached hydrogens (tertiary/aromatic N) is 1. The lowest BCUT2D eigenvalue weighted by molar-refractivity contribution is 0.633. The number of rotatable bonds is 3. The normalized spacial score (nSPS) is 23.9. The topological polar surface area (TPSA) is 50.9 Å². The van der Waals surface area contributed by atoms with Crippen molar-refractivity contribution in [2.75, 3.05) is 23.3 Å². The van der Waals surface area contributed by atoms with Crippen LogP contribution in [-0.4, -0.2) is 22.0 Å². The molecule has 1 aliphatic rings. The number of aromatic nitrogens is 1. The van der Waals surface area contributed by atoms with Gasteiger partial charge in [0, 0.05) is 11.3 Å². The smallest absolute Gasteiger partial charge is 0.140 e. The average Bonchev–Trinajstić information content (AvgIpc) is 2.73. The van der Waals surface area contributed by atoms with Crippen molar-refractivity contribution in [1.29, 1.82) is 0 Å². The summed E-state index contributed by atoms with van der Waals surface area (Å²) < 4.78 is 1.32. The fourth-order valence-electron chi connectivity index (χ4n) is 1.96. The van der Waals surface area contributed by atoms with Crippen LogP contribution < -0.4 is 11.1 Å². The molecule has 0 amide bonds. The van der Waals surface area contributed by atoms with Crippen molar-refractivity contribution in [3.05, 3.63) is 16.2 Å². The molecule has 1 aromatic heterocycles. The summed E-state index contributed by atoms with van der Waals surface area (Å²) in [7, 11) is 0. The fraction of sp³-hybridized carbons (Fsp3) is 0.583. The van der Waals surface area contributed by atoms with Crippen LogP contribution in [0.3, 0.4) is 0 Å². The molecule has 0 bridgehead atoms. The fourth-order valence-corrected chi connectivity index (χ4v) is 3.68. The summed E-state index contributed by atoms with van der Waals surface area (Å²) in [6.07, 6.45) is 4.31. The zero-order chi connectivity index (χ0) is 12.5. The van der Waals surface area contributed by atoms with Crippen molar-refractivity contribution in [3.63, 3.8) is 0 Å². The van der Waals surface area contributed by atoms with Gasteiger partial charge in [0.05, 0.1) is 16.4 Å². The number of pyridine rings is 1. The third-order valence-corrected chi connectivity index (χ3v) is 5.74. The maximum absolute atomic E-state index is 5.81. The van der Waals surface area contributed by atoms with E-state index < -0.39 is 0 Å². The Balaban J connectivity index is 2.06. The van der Waals surface area contributed by atoms with Crippen LogP contribution in [-0.2, 0) is 0 Å². The van der Waals surface area contributed by atoms with Gasteiger partial charge < -0.3 is 11.1 Å². The Morgan fingerprint density at radius 2 is 2.41 bits per heavy atom. The first kappa shape index (κ1) is 13.0. The van der Waals surface area contributed by atoms with Crippen molar-refractivity contribution in [2.24, 2.45) is 0 Å². The van der Waals surface area contributed by atoms with E-state index in [0.717, 1.165) is 28.1 Å². The third-order valence-electron chi connectivity index (χ3n) is 3.23. The molecule has 1 unspecified atom stereocenters. The van der Waals surface area contributed by atoms with Gasteiger partial charge in [-0.05, 0) is 53.9 Å². The SMILES string of the molecule is Cc1c(N)cnc(NCC2(C)CCCS2)c1Br. The van der Waals surface area contributed by atoms with E-state index in [2.05, 4.69) is 33.2 Å². The van der Waals surface area contributed by atoms with Gasteiger partial charge in [-0.3, -0.25) is 0 Å². The molecule has 1 fully saturated rings. The van der Waals surface area contributed by atoms with Crippen molar-refractivity contribution >= 4 is 39.2 Å². The Kier molecular flexibility index (Phi) is 3.88. The Bertz CT molecular complexity index is 416. The van der Waals surface area contributed by atoms with Crippen LogP contribution in [0.2, 0.25) is 0 Å². The van der Waals surface area contributed by atoms with E-state index in [0.29, 0.717) is 4.75 Å². The third kappa shape index (κ3) is 2.88. The van der Waals surface area contributed by atoms with Crippen molar-refractivity contribution in [1.82, 2.24) is 4.98 Å². The molecule has 2 rings (SSSR count). The lowest BCUT2D eigenvalue weighted by Gasteiger charge is -2.23. The molecule has 17 heavy (non-hydrogen) atoms. The number of nitrogens with two attached hydrogens (primary N) is 1. The summed E-state index contributed by atoms with van der Waals surface area (Å²) in [5, 5.41) is 3.43. The highest BCUT2D eigenvalue weighted by Crippen LogP contribution is 2.38. The zero-order valence-corrected chi connectivity index (χ0v) is 12.6. The van der Waals surface area contributed by atoms with Crippen LogP contribution in [0.5, 0.6) is 0 Å². The molecule has 1 saturated heterocycles. The van der Waals surface area contributed by atoms with E-state index in [1.807, 2.05) is 18.7 Å². The van der Waals surface area contributed by atoms with Crippen LogP contribution >= 0.6 is 27.7 Å². The van der Waals surface area contributed by atoms with E-state index in [1.165, 1.54) is 18.6 Å². The molecule has 1 aliphatic heterocycles. The zero-order valence-electron chi connectivity index (χ0n) is 10.2. The number of thioether (sulfide) groups is 1. The standard InChI is InChI=1S/C12H18BrN3S/c1-8-9(14)6-15-11(10(8)13)16-7-12(2)4-3-5-17-12/h6H,3-5,7,14H2,1-2H3,(H,15,16). The monoisotopic (exact) mass is 315 g/mol. The second-order valence-electron chi connectivity index (χ2n) is 4.76. The first-order chi connectivity index (χ1) is 8.02. The van der Waals surface area contributed by atoms with E-state index in [1.54, 1.807) is 6.20 Å². The summed E-state index contributed by atoms with van der Waals surface area (Å²) in [6.45, 7) is 5.26. The Morgan fingerprint density at radius 1 is 1.65 bits per heavy atom. The van der Waals surface area contributed by atoms with E-state index in [4.69, 9.17) is 5.73 Å². The van der Waals surface area contributed by atoms with Gasteiger partial charge in [0.1, 0.15) is 5.82 Å². The summed E-state index contributed by atoms with van der Waals surface area (Å²) in [6, 6.07) is 0. The van der Waals surface area contributed by atoms with Crippen molar-refractivity contribution in [3.8, 4) is 0 Å². The molecule has 0 saturated carbocycles. The van der Waals surface area contributed by atoms with Crippen LogP contribution in [0.4, 0.5) is 11.5 Å². The maximum Gasteiger partial charge on any atom is 0.140 e. The number of hydrogen-bond donors (Lipinski definition) is 2. The molecule has 1 atom stereocenters. The molecule has 0 aromatic carbocycles. The lowest BCUT2D eigenvalue weighted by Crippen LogP contribution is -2.27. The minimum absolute atomic E-state index is 0.344. The minimum atomic E-state index is 0.344. The molecule has 2 heterocycles. The van der Waals surface area contributed by atoms with Crippen LogP contribution in [0, 0.1) is 6.92 Å². The van der Waals surface area contributed by atoms with Gasteiger partial charge in [-0.1, -0.05) is 0 Å². The molecular formula is C12H18BrN3S. The van der Waals surface area contributed by atoms with E-state index >= 15 is 0 Å². The number of nitrogens with one attached hydrogen (secondary N) is 1. The molecule has 0 radical (unpaired) electrons. The number of nitrogen functional groups attached to an aromatic ring is 1. The van der Waals surface area contributed by atoms with Crippen molar-refractivity contribution < 1.29 is 0 Å². The Morgan fingerprint density at radius 3 is 3.06 bits per heavy atom. The number of halogens is 1. The summed E-state index contributed by atoms with van der Waals surface area (Å²) >= 11 is 5.59. The first-order valence-corrected chi connectivity index (χ1v) is 7.58. The summed E-state index contributed by atoms with van der Waals surface area (Å²) in [5.74, 6) is 2.17. The highest BCUT2D eigenvalue weighted by atomic mass is 79.9. The number of hydrogen-bond acceptors (Lipinski definition) is 4. The molecule has 3 nitrogen and oxygen atoms in total. The predicted molar refractivity (Wildman–Crippen MR) is 79.7 cm³/mol. The summed E-state index contributed by atoms with van der Waals surface area (Å²) in [4.78, 5) is 4.34. The van der Waals surface area contributed by atoms with E-state index in [-0.39, 0.29) is 0 Å². The summed E-state index contributed by atoms with van der Waals surface area (Å²) in [5.41, 5.74) is 7.58. The molecular weight excluding hydrogens is 298 g/mol. The maximum atomic E-state index is 5.81. The van der Waals surface area contributed by atoms with Crippen molar-refractivity contribution in [2.45, 2.75) is 31.4 Å². The van der Waals surface area contributed by atoms with Crippen LogP contribution in [0.15, 0.2) is 10.7 Å². The highest BCUT2D eigenvalue weighted by Gasteiger charge is 2.29. The van der Waals surface area contributed by atoms with Gasteiger partial charge in [0.25, 0.3) is 0 Å². The average molecular weight is 316 g/mol. The largest absolute Gasteiger partial charge is 0.397 e. The Labute approximate surface area is 115 Å². The van der Waals surface area contributed by atoms with Gasteiger partial charge in [-0.2, -0.15) is 11.8 Å². The second-order valence-corrected chi connectivity index (χ2v) is 7.23. The highest BCUT2D eigenvalue weighted by molar-refractivity contribution is 9.10. The van der Waals surface area contributed by atoms with Gasteiger partial charge in [-0.25, -0.2) is 4.98 Å². The van der Waals surface area contributed by atoms with Crippen LogP contribution in [0.25, 0.3) is 0 Å². The molecule has 0 spiro atoms. The van der Waals surface area contributed by atoms with Crippen LogP contribution in [0.1, 0.15) is 25.3 Å².